The Balaban J connectivity index is 1.69. The van der Waals surface area contributed by atoms with Crippen molar-refractivity contribution in [3.05, 3.63) is 29.8 Å². The first-order valence-electron chi connectivity index (χ1n) is 7.81. The number of ether oxygens (including phenoxy) is 1. The van der Waals surface area contributed by atoms with Crippen LogP contribution in [0.2, 0.25) is 0 Å². The van der Waals surface area contributed by atoms with Crippen LogP contribution in [0, 0.1) is 11.3 Å². The average Bonchev–Trinajstić information content (AvgIpc) is 2.72. The van der Waals surface area contributed by atoms with Crippen LogP contribution in [-0.2, 0) is 9.53 Å². The van der Waals surface area contributed by atoms with E-state index in [1.807, 2.05) is 0 Å². The summed E-state index contributed by atoms with van der Waals surface area (Å²) in [7, 11) is 0. The van der Waals surface area contributed by atoms with Gasteiger partial charge in [0.15, 0.2) is 0 Å². The fraction of sp³-hybridized carbons (Fsp3) is 0.529. The fourth-order valence-corrected chi connectivity index (χ4v) is 2.60. The van der Waals surface area contributed by atoms with Crippen molar-refractivity contribution in [1.82, 2.24) is 4.90 Å². The lowest BCUT2D eigenvalue weighted by atomic mass is 10.2. The van der Waals surface area contributed by atoms with E-state index in [1.54, 1.807) is 24.3 Å². The topological polar surface area (TPSA) is 65.4 Å². The number of anilines is 1. The van der Waals surface area contributed by atoms with Crippen LogP contribution in [0.25, 0.3) is 0 Å². The van der Waals surface area contributed by atoms with Crippen LogP contribution < -0.4 is 5.32 Å². The van der Waals surface area contributed by atoms with Crippen molar-refractivity contribution in [1.29, 1.82) is 5.26 Å². The third-order valence-electron chi connectivity index (χ3n) is 3.71. The smallest absolute Gasteiger partial charge is 0.224 e. The van der Waals surface area contributed by atoms with Gasteiger partial charge in [0.2, 0.25) is 5.91 Å². The first-order valence-corrected chi connectivity index (χ1v) is 7.81. The third-order valence-corrected chi connectivity index (χ3v) is 3.71. The minimum atomic E-state index is 0.0174. The Labute approximate surface area is 131 Å². The van der Waals surface area contributed by atoms with E-state index in [4.69, 9.17) is 10.00 Å². The Morgan fingerprint density at radius 2 is 2.23 bits per heavy atom. The first kappa shape index (κ1) is 16.5. The fourth-order valence-electron chi connectivity index (χ4n) is 2.60. The molecule has 1 aliphatic rings. The van der Waals surface area contributed by atoms with Gasteiger partial charge in [-0.15, -0.1) is 0 Å². The summed E-state index contributed by atoms with van der Waals surface area (Å²) in [4.78, 5) is 14.3. The zero-order chi connectivity index (χ0) is 15.8. The molecule has 1 aliphatic heterocycles. The summed E-state index contributed by atoms with van der Waals surface area (Å²) in [5.41, 5.74) is 1.33. The molecular formula is C17H23N3O2. The van der Waals surface area contributed by atoms with Gasteiger partial charge < -0.3 is 15.0 Å². The van der Waals surface area contributed by atoms with Gasteiger partial charge in [-0.3, -0.25) is 4.79 Å². The molecule has 1 fully saturated rings. The molecule has 5 heteroatoms. The molecule has 0 saturated carbocycles. The number of amides is 1. The number of hydrogen-bond donors (Lipinski definition) is 1. The van der Waals surface area contributed by atoms with Crippen LogP contribution >= 0.6 is 0 Å². The number of nitrogens with one attached hydrogen (secondary N) is 1. The van der Waals surface area contributed by atoms with Gasteiger partial charge in [0, 0.05) is 31.8 Å². The third kappa shape index (κ3) is 5.47. The maximum absolute atomic E-state index is 11.9. The molecule has 1 aromatic carbocycles. The lowest BCUT2D eigenvalue weighted by molar-refractivity contribution is -0.116. The van der Waals surface area contributed by atoms with E-state index in [-0.39, 0.29) is 12.0 Å². The van der Waals surface area contributed by atoms with E-state index in [0.29, 0.717) is 12.0 Å². The first-order chi connectivity index (χ1) is 10.7. The molecule has 22 heavy (non-hydrogen) atoms. The van der Waals surface area contributed by atoms with Crippen molar-refractivity contribution in [2.75, 3.05) is 31.6 Å². The number of carbonyl (C=O) groups is 1. The van der Waals surface area contributed by atoms with E-state index < -0.39 is 0 Å². The Morgan fingerprint density at radius 3 is 2.95 bits per heavy atom. The van der Waals surface area contributed by atoms with Gasteiger partial charge in [0.1, 0.15) is 0 Å². The number of hydrogen-bond acceptors (Lipinski definition) is 4. The second-order valence-corrected chi connectivity index (χ2v) is 5.68. The van der Waals surface area contributed by atoms with E-state index in [1.165, 1.54) is 0 Å². The highest BCUT2D eigenvalue weighted by Gasteiger charge is 2.14. The second-order valence-electron chi connectivity index (χ2n) is 5.68. The largest absolute Gasteiger partial charge is 0.377 e. The standard InChI is InChI=1S/C17H23N3O2/c1-14-13-20(10-3-11-22-14)9-2-4-17(21)19-16-7-5-15(12-18)6-8-16/h5-8,14H,2-4,9-11,13H2,1H3,(H,19,21)/t14-/m0/s1. The van der Waals surface area contributed by atoms with Gasteiger partial charge >= 0.3 is 0 Å². The summed E-state index contributed by atoms with van der Waals surface area (Å²) >= 11 is 0. The van der Waals surface area contributed by atoms with Crippen molar-refractivity contribution in [3.63, 3.8) is 0 Å². The van der Waals surface area contributed by atoms with Crippen molar-refractivity contribution < 1.29 is 9.53 Å². The maximum Gasteiger partial charge on any atom is 0.224 e. The average molecular weight is 301 g/mol. The minimum absolute atomic E-state index is 0.0174. The summed E-state index contributed by atoms with van der Waals surface area (Å²) in [5.74, 6) is 0.0174. The molecule has 1 amide bonds. The SMILES string of the molecule is C[C@H]1CN(CCCC(=O)Nc2ccc(C#N)cc2)CCCO1. The molecule has 0 bridgehead atoms. The van der Waals surface area contributed by atoms with Crippen molar-refractivity contribution in [3.8, 4) is 6.07 Å². The van der Waals surface area contributed by atoms with Crippen LogP contribution in [0.1, 0.15) is 31.7 Å². The molecule has 0 aromatic heterocycles. The van der Waals surface area contributed by atoms with Gasteiger partial charge in [0.25, 0.3) is 0 Å². The van der Waals surface area contributed by atoms with E-state index in [0.717, 1.165) is 44.8 Å². The van der Waals surface area contributed by atoms with Crippen LogP contribution in [0.4, 0.5) is 5.69 Å². The summed E-state index contributed by atoms with van der Waals surface area (Å²) in [5, 5.41) is 11.6. The molecule has 0 radical (unpaired) electrons. The number of benzene rings is 1. The maximum atomic E-state index is 11.9. The highest BCUT2D eigenvalue weighted by atomic mass is 16.5. The number of nitriles is 1. The Bertz CT molecular complexity index is 522. The number of rotatable bonds is 5. The molecule has 0 unspecified atom stereocenters. The van der Waals surface area contributed by atoms with Crippen molar-refractivity contribution >= 4 is 11.6 Å². The zero-order valence-electron chi connectivity index (χ0n) is 13.0. The van der Waals surface area contributed by atoms with Crippen LogP contribution in [0.5, 0.6) is 0 Å². The predicted molar refractivity (Wildman–Crippen MR) is 85.5 cm³/mol. The number of carbonyl (C=O) groups excluding carboxylic acids is 1. The summed E-state index contributed by atoms with van der Waals surface area (Å²) < 4.78 is 5.61. The molecule has 118 valence electrons. The molecule has 1 atom stereocenters. The monoisotopic (exact) mass is 301 g/mol. The molecular weight excluding hydrogens is 278 g/mol. The summed E-state index contributed by atoms with van der Waals surface area (Å²) in [6.07, 6.45) is 2.68. The lowest BCUT2D eigenvalue weighted by Gasteiger charge is -2.21. The molecule has 1 heterocycles. The van der Waals surface area contributed by atoms with Crippen molar-refractivity contribution in [2.24, 2.45) is 0 Å². The van der Waals surface area contributed by atoms with Gasteiger partial charge in [-0.2, -0.15) is 5.26 Å². The Hall–Kier alpha value is -1.90. The molecule has 1 aromatic rings. The van der Waals surface area contributed by atoms with Gasteiger partial charge in [-0.1, -0.05) is 0 Å². The summed E-state index contributed by atoms with van der Waals surface area (Å²) in [6.45, 7) is 5.83. The lowest BCUT2D eigenvalue weighted by Crippen LogP contribution is -2.31. The molecule has 1 saturated heterocycles. The summed E-state index contributed by atoms with van der Waals surface area (Å²) in [6, 6.07) is 8.97. The van der Waals surface area contributed by atoms with Crippen LogP contribution in [0.3, 0.4) is 0 Å². The highest BCUT2D eigenvalue weighted by molar-refractivity contribution is 5.90. The van der Waals surface area contributed by atoms with E-state index in [2.05, 4.69) is 23.2 Å². The van der Waals surface area contributed by atoms with Gasteiger partial charge in [-0.25, -0.2) is 0 Å². The predicted octanol–water partition coefficient (Wildman–Crippen LogP) is 2.39. The van der Waals surface area contributed by atoms with Crippen molar-refractivity contribution in [2.45, 2.75) is 32.3 Å². The highest BCUT2D eigenvalue weighted by Crippen LogP contribution is 2.10. The van der Waals surface area contributed by atoms with E-state index >= 15 is 0 Å². The van der Waals surface area contributed by atoms with E-state index in [9.17, 15) is 4.79 Å². The molecule has 0 spiro atoms. The Morgan fingerprint density at radius 1 is 1.45 bits per heavy atom. The normalized spacial score (nSPS) is 19.2. The second kappa shape index (κ2) is 8.52. The Kier molecular flexibility index (Phi) is 6.38. The molecule has 2 rings (SSSR count). The van der Waals surface area contributed by atoms with Crippen LogP contribution in [0.15, 0.2) is 24.3 Å². The molecule has 0 aliphatic carbocycles. The van der Waals surface area contributed by atoms with Gasteiger partial charge in [-0.05, 0) is 50.6 Å². The quantitative estimate of drug-likeness (QED) is 0.907. The molecule has 5 nitrogen and oxygen atoms in total. The number of nitrogens with zero attached hydrogens (tertiary/aromatic N) is 2. The molecule has 1 N–H and O–H groups in total. The minimum Gasteiger partial charge on any atom is -0.377 e. The zero-order valence-corrected chi connectivity index (χ0v) is 13.0. The van der Waals surface area contributed by atoms with Gasteiger partial charge in [0.05, 0.1) is 17.7 Å². The van der Waals surface area contributed by atoms with Crippen LogP contribution in [-0.4, -0.2) is 43.2 Å².